The van der Waals surface area contributed by atoms with E-state index >= 15 is 0 Å². The number of nitrogens with zero attached hydrogens (tertiary/aromatic N) is 2. The Morgan fingerprint density at radius 2 is 1.96 bits per heavy atom. The molecule has 0 radical (unpaired) electrons. The van der Waals surface area contributed by atoms with E-state index in [9.17, 15) is 23.3 Å². The average Bonchev–Trinajstić information content (AvgIpc) is 2.60. The molecule has 0 bridgehead atoms. The zero-order valence-corrected chi connectivity index (χ0v) is 14.7. The van der Waals surface area contributed by atoms with Crippen molar-refractivity contribution in [1.82, 2.24) is 0 Å². The molecule has 1 fully saturated rings. The molecular weight excluding hydrogens is 352 g/mol. The molecule has 0 aromatic heterocycles. The third-order valence-electron chi connectivity index (χ3n) is 4.16. The van der Waals surface area contributed by atoms with Crippen LogP contribution in [0.3, 0.4) is 0 Å². The fourth-order valence-electron chi connectivity index (χ4n) is 2.82. The molecule has 25 heavy (non-hydrogen) atoms. The highest BCUT2D eigenvalue weighted by atomic mass is 32.2. The molecule has 1 saturated heterocycles. The van der Waals surface area contributed by atoms with Crippen LogP contribution in [0.5, 0.6) is 0 Å². The van der Waals surface area contributed by atoms with Gasteiger partial charge in [0, 0.05) is 12.1 Å². The first kappa shape index (κ1) is 19.3. The zero-order chi connectivity index (χ0) is 18.5. The standard InChI is InChI=1S/C15H21N2O7S/c1-23-15(18)8-11-17(9-3-2-4-10-17)24-25(21,22)14-7-5-6-13(12-14)16(19)20/h5-7,12H,2-4,8-11H2,1H3/q+1. The fourth-order valence-corrected chi connectivity index (χ4v) is 4.06. The van der Waals surface area contributed by atoms with Gasteiger partial charge in [0.1, 0.15) is 24.5 Å². The van der Waals surface area contributed by atoms with Gasteiger partial charge in [-0.3, -0.25) is 14.9 Å². The number of esters is 1. The number of piperidine rings is 1. The maximum atomic E-state index is 12.6. The second kappa shape index (κ2) is 7.89. The minimum absolute atomic E-state index is 0.0287. The molecule has 0 atom stereocenters. The van der Waals surface area contributed by atoms with Crippen LogP contribution in [0, 0.1) is 10.1 Å². The fraction of sp³-hybridized carbons (Fsp3) is 0.533. The first-order chi connectivity index (χ1) is 11.8. The highest BCUT2D eigenvalue weighted by Crippen LogP contribution is 2.27. The molecule has 1 heterocycles. The number of likely N-dealkylation sites (tertiary alicyclic amines) is 1. The number of carbonyl (C=O) groups is 1. The molecule has 1 aliphatic rings. The van der Waals surface area contributed by atoms with Crippen LogP contribution in [-0.4, -0.2) is 50.7 Å². The molecule has 1 aromatic rings. The van der Waals surface area contributed by atoms with Gasteiger partial charge >= 0.3 is 16.1 Å². The van der Waals surface area contributed by atoms with Crippen LogP contribution in [0.15, 0.2) is 29.2 Å². The summed E-state index contributed by atoms with van der Waals surface area (Å²) < 4.78 is 35.1. The van der Waals surface area contributed by atoms with Crippen LogP contribution in [0.25, 0.3) is 0 Å². The van der Waals surface area contributed by atoms with Gasteiger partial charge in [-0.15, -0.1) is 0 Å². The van der Waals surface area contributed by atoms with Crippen molar-refractivity contribution in [3.63, 3.8) is 0 Å². The largest absolute Gasteiger partial charge is 0.469 e. The number of hydrogen-bond acceptors (Lipinski definition) is 7. The van der Waals surface area contributed by atoms with E-state index in [0.29, 0.717) is 13.1 Å². The number of rotatable bonds is 7. The van der Waals surface area contributed by atoms with Crippen LogP contribution in [0.2, 0.25) is 0 Å². The van der Waals surface area contributed by atoms with Gasteiger partial charge in [-0.25, -0.2) is 0 Å². The summed E-state index contributed by atoms with van der Waals surface area (Å²) in [6.45, 7) is 1.07. The van der Waals surface area contributed by atoms with Gasteiger partial charge in [0.2, 0.25) is 0 Å². The Morgan fingerprint density at radius 1 is 1.28 bits per heavy atom. The summed E-state index contributed by atoms with van der Waals surface area (Å²) >= 11 is 0. The van der Waals surface area contributed by atoms with E-state index in [-0.39, 0.29) is 28.2 Å². The minimum atomic E-state index is -4.21. The molecule has 0 amide bonds. The summed E-state index contributed by atoms with van der Waals surface area (Å²) in [5, 5.41) is 10.9. The monoisotopic (exact) mass is 373 g/mol. The van der Waals surface area contributed by atoms with Gasteiger partial charge in [0.15, 0.2) is 0 Å². The Bertz CT molecular complexity index is 742. The van der Waals surface area contributed by atoms with Crippen molar-refractivity contribution in [1.29, 1.82) is 0 Å². The van der Waals surface area contributed by atoms with Gasteiger partial charge in [-0.2, -0.15) is 13.1 Å². The van der Waals surface area contributed by atoms with E-state index in [2.05, 4.69) is 4.74 Å². The van der Waals surface area contributed by atoms with Gasteiger partial charge in [0.05, 0.1) is 18.5 Å². The first-order valence-corrected chi connectivity index (χ1v) is 9.32. The van der Waals surface area contributed by atoms with E-state index < -0.39 is 21.0 Å². The molecule has 0 saturated carbocycles. The van der Waals surface area contributed by atoms with Crippen LogP contribution in [0.1, 0.15) is 25.7 Å². The van der Waals surface area contributed by atoms with Crippen molar-refractivity contribution in [2.75, 3.05) is 26.7 Å². The van der Waals surface area contributed by atoms with Crippen molar-refractivity contribution < 1.29 is 31.8 Å². The third kappa shape index (κ3) is 4.97. The predicted octanol–water partition coefficient (Wildman–Crippen LogP) is 1.78. The summed E-state index contributed by atoms with van der Waals surface area (Å²) in [6.07, 6.45) is 2.52. The van der Waals surface area contributed by atoms with Crippen molar-refractivity contribution in [2.24, 2.45) is 0 Å². The lowest BCUT2D eigenvalue weighted by Crippen LogP contribution is -2.53. The normalized spacial score (nSPS) is 17.0. The Balaban J connectivity index is 2.25. The van der Waals surface area contributed by atoms with Crippen LogP contribution in [0.4, 0.5) is 5.69 Å². The van der Waals surface area contributed by atoms with E-state index in [4.69, 9.17) is 4.28 Å². The molecular formula is C15H21N2O7S+. The number of ether oxygens (including phenoxy) is 1. The van der Waals surface area contributed by atoms with E-state index in [1.54, 1.807) is 0 Å². The second-order valence-electron chi connectivity index (χ2n) is 5.90. The van der Waals surface area contributed by atoms with Gasteiger partial charge in [-0.05, 0) is 25.3 Å². The number of carbonyl (C=O) groups excluding carboxylic acids is 1. The maximum absolute atomic E-state index is 12.6. The van der Waals surface area contributed by atoms with Crippen molar-refractivity contribution >= 4 is 21.8 Å². The summed E-state index contributed by atoms with van der Waals surface area (Å²) in [5.41, 5.74) is -0.329. The SMILES string of the molecule is COC(=O)CC[N+]1(OS(=O)(=O)c2cccc([N+](=O)[O-])c2)CCCCC1. The lowest BCUT2D eigenvalue weighted by Gasteiger charge is -2.36. The number of non-ortho nitro benzene ring substituents is 1. The maximum Gasteiger partial charge on any atom is 0.343 e. The Hall–Kier alpha value is -2.04. The number of hydroxylamine groups is 3. The summed E-state index contributed by atoms with van der Waals surface area (Å²) in [7, 11) is -2.95. The Labute approximate surface area is 146 Å². The predicted molar refractivity (Wildman–Crippen MR) is 86.7 cm³/mol. The summed E-state index contributed by atoms with van der Waals surface area (Å²) in [5.74, 6) is -0.445. The molecule has 0 unspecified atom stereocenters. The molecule has 0 spiro atoms. The Morgan fingerprint density at radius 3 is 2.56 bits per heavy atom. The lowest BCUT2D eigenvalue weighted by atomic mass is 10.1. The van der Waals surface area contributed by atoms with E-state index in [0.717, 1.165) is 25.3 Å². The number of nitro groups is 1. The number of hydrogen-bond donors (Lipinski definition) is 0. The quantitative estimate of drug-likeness (QED) is 0.310. The number of quaternary nitrogens is 1. The van der Waals surface area contributed by atoms with Crippen molar-refractivity contribution in [2.45, 2.75) is 30.6 Å². The summed E-state index contributed by atoms with van der Waals surface area (Å²) in [6, 6.07) is 4.73. The smallest absolute Gasteiger partial charge is 0.343 e. The molecule has 0 aliphatic carbocycles. The number of nitro benzene ring substituents is 1. The highest BCUT2D eigenvalue weighted by molar-refractivity contribution is 7.86. The van der Waals surface area contributed by atoms with Gasteiger partial charge in [0.25, 0.3) is 5.69 Å². The van der Waals surface area contributed by atoms with Crippen LogP contribution < -0.4 is 0 Å². The molecule has 138 valence electrons. The average molecular weight is 373 g/mol. The van der Waals surface area contributed by atoms with E-state index in [1.807, 2.05) is 0 Å². The second-order valence-corrected chi connectivity index (χ2v) is 7.43. The first-order valence-electron chi connectivity index (χ1n) is 7.92. The van der Waals surface area contributed by atoms with Crippen LogP contribution >= 0.6 is 0 Å². The molecule has 10 heteroatoms. The third-order valence-corrected chi connectivity index (χ3v) is 5.50. The Kier molecular flexibility index (Phi) is 6.09. The molecule has 1 aliphatic heterocycles. The van der Waals surface area contributed by atoms with Gasteiger partial charge in [-0.1, -0.05) is 10.4 Å². The number of methoxy groups -OCH3 is 1. The van der Waals surface area contributed by atoms with Crippen molar-refractivity contribution in [3.8, 4) is 0 Å². The molecule has 1 aromatic carbocycles. The lowest BCUT2D eigenvalue weighted by molar-refractivity contribution is -1.08. The van der Waals surface area contributed by atoms with Crippen molar-refractivity contribution in [3.05, 3.63) is 34.4 Å². The van der Waals surface area contributed by atoms with Crippen LogP contribution in [-0.2, 0) is 23.9 Å². The number of benzene rings is 1. The molecule has 0 N–H and O–H groups in total. The highest BCUT2D eigenvalue weighted by Gasteiger charge is 2.39. The zero-order valence-electron chi connectivity index (χ0n) is 13.9. The topological polar surface area (TPSA) is 113 Å². The van der Waals surface area contributed by atoms with E-state index in [1.165, 1.54) is 25.3 Å². The minimum Gasteiger partial charge on any atom is -0.469 e. The molecule has 9 nitrogen and oxygen atoms in total. The summed E-state index contributed by atoms with van der Waals surface area (Å²) in [4.78, 5) is 21.4. The van der Waals surface area contributed by atoms with Gasteiger partial charge < -0.3 is 4.74 Å². The molecule has 2 rings (SSSR count).